The minimum Gasteiger partial charge on any atom is -0.478 e. The summed E-state index contributed by atoms with van der Waals surface area (Å²) in [6.45, 7) is 1.54. The van der Waals surface area contributed by atoms with Gasteiger partial charge in [-0.05, 0) is 68.6 Å². The first-order valence-corrected chi connectivity index (χ1v) is 10.1. The van der Waals surface area contributed by atoms with Crippen molar-refractivity contribution in [1.29, 1.82) is 0 Å². The highest BCUT2D eigenvalue weighted by Crippen LogP contribution is 2.57. The monoisotopic (exact) mass is 357 g/mol. The number of hydrogen-bond donors (Lipinski definition) is 1. The molecular weight excluding hydrogens is 330 g/mol. The fourth-order valence-electron chi connectivity index (χ4n) is 6.54. The molecule has 5 aliphatic rings. The minimum absolute atomic E-state index is 0.200. The number of carbonyl (C=O) groups excluding carboxylic acids is 1. The predicted octanol–water partition coefficient (Wildman–Crippen LogP) is 2.82. The summed E-state index contributed by atoms with van der Waals surface area (Å²) in [5.74, 6) is 2.82. The van der Waals surface area contributed by atoms with E-state index in [9.17, 15) is 9.59 Å². The van der Waals surface area contributed by atoms with Crippen LogP contribution in [0.1, 0.15) is 61.3 Å². The number of carboxylic acid groups (broad SMARTS) is 1. The molecule has 4 saturated carbocycles. The molecule has 1 aliphatic heterocycles. The first-order chi connectivity index (χ1) is 12.6. The smallest absolute Gasteiger partial charge is 0.338 e. The largest absolute Gasteiger partial charge is 0.478 e. The van der Waals surface area contributed by atoms with Crippen molar-refractivity contribution in [3.8, 4) is 0 Å². The Bertz CT molecular complexity index is 692. The first-order valence-electron chi connectivity index (χ1n) is 10.1. The van der Waals surface area contributed by atoms with Crippen LogP contribution in [0, 0.1) is 29.6 Å². The third-order valence-electron chi connectivity index (χ3n) is 7.51. The van der Waals surface area contributed by atoms with E-state index in [-0.39, 0.29) is 17.5 Å². The van der Waals surface area contributed by atoms with Crippen molar-refractivity contribution >= 4 is 11.9 Å². The van der Waals surface area contributed by atoms with Crippen LogP contribution in [0.3, 0.4) is 0 Å². The van der Waals surface area contributed by atoms with E-state index < -0.39 is 5.97 Å². The van der Waals surface area contributed by atoms with E-state index >= 15 is 0 Å². The molecule has 1 amide bonds. The lowest BCUT2D eigenvalue weighted by molar-refractivity contribution is -0.150. The van der Waals surface area contributed by atoms with Crippen molar-refractivity contribution in [1.82, 2.24) is 14.7 Å². The molecule has 4 aliphatic carbocycles. The first kappa shape index (κ1) is 16.3. The Labute approximate surface area is 153 Å². The molecular formula is C20H27N3O3. The molecule has 26 heavy (non-hydrogen) atoms. The van der Waals surface area contributed by atoms with Gasteiger partial charge in [0.15, 0.2) is 0 Å². The molecule has 1 aromatic rings. The van der Waals surface area contributed by atoms with Crippen LogP contribution >= 0.6 is 0 Å². The van der Waals surface area contributed by atoms with Crippen LogP contribution in [0.15, 0.2) is 12.4 Å². The van der Waals surface area contributed by atoms with Crippen LogP contribution in [0.2, 0.25) is 0 Å². The minimum atomic E-state index is -0.939. The zero-order valence-corrected chi connectivity index (χ0v) is 15.1. The summed E-state index contributed by atoms with van der Waals surface area (Å²) >= 11 is 0. The molecule has 1 aromatic heterocycles. The second kappa shape index (κ2) is 6.10. The van der Waals surface area contributed by atoms with Crippen LogP contribution in [0.25, 0.3) is 0 Å². The van der Waals surface area contributed by atoms with E-state index in [2.05, 4.69) is 10.00 Å². The summed E-state index contributed by atoms with van der Waals surface area (Å²) < 4.78 is 1.77. The average Bonchev–Trinajstić information content (AvgIpc) is 3.11. The van der Waals surface area contributed by atoms with Crippen LogP contribution in [0.5, 0.6) is 0 Å². The lowest BCUT2D eigenvalue weighted by Gasteiger charge is -2.54. The van der Waals surface area contributed by atoms with Crippen LogP contribution in [0.4, 0.5) is 0 Å². The Kier molecular flexibility index (Phi) is 3.83. The van der Waals surface area contributed by atoms with Crippen molar-refractivity contribution in [3.05, 3.63) is 18.0 Å². The van der Waals surface area contributed by atoms with Gasteiger partial charge in [0.05, 0.1) is 17.8 Å². The number of hydrogen-bond acceptors (Lipinski definition) is 3. The van der Waals surface area contributed by atoms with Crippen molar-refractivity contribution in [2.45, 2.75) is 51.0 Å². The van der Waals surface area contributed by atoms with E-state index in [1.807, 2.05) is 0 Å². The lowest BCUT2D eigenvalue weighted by atomic mass is 9.51. The van der Waals surface area contributed by atoms with Gasteiger partial charge in [-0.15, -0.1) is 0 Å². The standard InChI is InChI=1S/C20H27N3O3/c24-19(18-14-6-12-5-13(8-14)9-15(18)7-12)22-3-1-17(2-4-22)23-11-16(10-21-23)20(25)26/h10-15,17-18H,1-9H2,(H,25,26). The molecule has 0 unspecified atom stereocenters. The number of likely N-dealkylation sites (tertiary alicyclic amines) is 1. The van der Waals surface area contributed by atoms with Gasteiger partial charge in [0, 0.05) is 25.2 Å². The Balaban J connectivity index is 1.22. The van der Waals surface area contributed by atoms with Crippen molar-refractivity contribution < 1.29 is 14.7 Å². The Morgan fingerprint density at radius 1 is 1.00 bits per heavy atom. The maximum absolute atomic E-state index is 13.3. The summed E-state index contributed by atoms with van der Waals surface area (Å²) in [4.78, 5) is 26.4. The molecule has 0 spiro atoms. The predicted molar refractivity (Wildman–Crippen MR) is 94.6 cm³/mol. The number of aromatic carboxylic acids is 1. The molecule has 6 heteroatoms. The van der Waals surface area contributed by atoms with E-state index in [1.165, 1.54) is 38.3 Å². The maximum Gasteiger partial charge on any atom is 0.338 e. The SMILES string of the molecule is O=C(O)c1cnn(C2CCN(C(=O)C3C4CC5CC(C4)CC3C5)CC2)c1. The molecule has 0 atom stereocenters. The molecule has 1 saturated heterocycles. The van der Waals surface area contributed by atoms with Gasteiger partial charge in [-0.2, -0.15) is 5.10 Å². The van der Waals surface area contributed by atoms with Gasteiger partial charge >= 0.3 is 5.97 Å². The summed E-state index contributed by atoms with van der Waals surface area (Å²) in [6, 6.07) is 0.200. The van der Waals surface area contributed by atoms with Gasteiger partial charge in [0.2, 0.25) is 5.91 Å². The zero-order valence-electron chi connectivity index (χ0n) is 15.1. The summed E-state index contributed by atoms with van der Waals surface area (Å²) in [6.07, 6.45) is 11.3. The number of carboxylic acids is 1. The second-order valence-corrected chi connectivity index (χ2v) is 9.03. The number of nitrogens with zero attached hydrogens (tertiary/aromatic N) is 3. The molecule has 2 heterocycles. The third kappa shape index (κ3) is 2.65. The van der Waals surface area contributed by atoms with Crippen LogP contribution in [-0.2, 0) is 4.79 Å². The molecule has 4 bridgehead atoms. The highest BCUT2D eigenvalue weighted by molar-refractivity contribution is 5.86. The maximum atomic E-state index is 13.3. The number of rotatable bonds is 3. The number of carbonyl (C=O) groups is 2. The molecule has 6 rings (SSSR count). The second-order valence-electron chi connectivity index (χ2n) is 9.03. The van der Waals surface area contributed by atoms with Gasteiger partial charge in [-0.25, -0.2) is 4.79 Å². The molecule has 0 radical (unpaired) electrons. The highest BCUT2D eigenvalue weighted by atomic mass is 16.4. The van der Waals surface area contributed by atoms with Gasteiger partial charge in [-0.1, -0.05) is 0 Å². The fourth-order valence-corrected chi connectivity index (χ4v) is 6.54. The summed E-state index contributed by atoms with van der Waals surface area (Å²) in [7, 11) is 0. The Morgan fingerprint density at radius 2 is 1.62 bits per heavy atom. The van der Waals surface area contributed by atoms with E-state index in [0.29, 0.717) is 17.7 Å². The Hall–Kier alpha value is -1.85. The summed E-state index contributed by atoms with van der Waals surface area (Å²) in [5, 5.41) is 13.3. The third-order valence-corrected chi connectivity index (χ3v) is 7.51. The van der Waals surface area contributed by atoms with Crippen molar-refractivity contribution in [3.63, 3.8) is 0 Å². The van der Waals surface area contributed by atoms with Gasteiger partial charge < -0.3 is 10.0 Å². The van der Waals surface area contributed by atoms with Crippen LogP contribution in [-0.4, -0.2) is 44.8 Å². The quantitative estimate of drug-likeness (QED) is 0.902. The van der Waals surface area contributed by atoms with Crippen molar-refractivity contribution in [2.24, 2.45) is 29.6 Å². The van der Waals surface area contributed by atoms with Gasteiger partial charge in [-0.3, -0.25) is 9.48 Å². The molecule has 140 valence electrons. The number of piperidine rings is 1. The fraction of sp³-hybridized carbons (Fsp3) is 0.750. The topological polar surface area (TPSA) is 75.4 Å². The van der Waals surface area contributed by atoms with Crippen LogP contribution < -0.4 is 0 Å². The molecule has 6 nitrogen and oxygen atoms in total. The van der Waals surface area contributed by atoms with Gasteiger partial charge in [0.1, 0.15) is 0 Å². The lowest BCUT2D eigenvalue weighted by Crippen LogP contribution is -2.53. The Morgan fingerprint density at radius 3 is 2.15 bits per heavy atom. The van der Waals surface area contributed by atoms with E-state index in [0.717, 1.165) is 37.8 Å². The van der Waals surface area contributed by atoms with Gasteiger partial charge in [0.25, 0.3) is 0 Å². The number of aromatic nitrogens is 2. The number of amides is 1. The molecule has 1 N–H and O–H groups in total. The molecule has 5 fully saturated rings. The van der Waals surface area contributed by atoms with E-state index in [1.54, 1.807) is 10.9 Å². The zero-order chi connectivity index (χ0) is 17.8. The average molecular weight is 357 g/mol. The summed E-state index contributed by atoms with van der Waals surface area (Å²) in [5.41, 5.74) is 0.233. The highest BCUT2D eigenvalue weighted by Gasteiger charge is 2.51. The molecule has 0 aromatic carbocycles. The van der Waals surface area contributed by atoms with E-state index in [4.69, 9.17) is 5.11 Å². The van der Waals surface area contributed by atoms with Crippen molar-refractivity contribution in [2.75, 3.05) is 13.1 Å². The normalized spacial score (nSPS) is 36.5.